The first kappa shape index (κ1) is 24.3. The molecular weight excluding hydrogens is 461 g/mol. The second-order valence-corrected chi connectivity index (χ2v) is 9.27. The minimum absolute atomic E-state index is 0. The van der Waals surface area contributed by atoms with Gasteiger partial charge in [-0.2, -0.15) is 11.8 Å². The topological polar surface area (TPSA) is 79.8 Å². The first-order chi connectivity index (χ1) is 10.9. The van der Waals surface area contributed by atoms with Crippen molar-refractivity contribution in [3.8, 4) is 0 Å². The normalized spacial score (nSPS) is 21.9. The Morgan fingerprint density at radius 3 is 2.71 bits per heavy atom. The molecule has 2 N–H and O–H groups in total. The third kappa shape index (κ3) is 11.8. The lowest BCUT2D eigenvalue weighted by atomic mass is 9.95. The van der Waals surface area contributed by atoms with Gasteiger partial charge in [0.1, 0.15) is 9.84 Å². The number of ether oxygens (including phenoxy) is 1. The molecule has 1 fully saturated rings. The lowest BCUT2D eigenvalue weighted by Crippen LogP contribution is -2.45. The van der Waals surface area contributed by atoms with Gasteiger partial charge in [-0.05, 0) is 32.4 Å². The summed E-state index contributed by atoms with van der Waals surface area (Å²) in [6.07, 6.45) is 8.33. The number of sulfone groups is 1. The fourth-order valence-corrected chi connectivity index (χ4v) is 3.79. The standard InChI is InChI=1S/C15H31N3O3S2.HI/c1-4-16-15(17-8-9-21-10-11-23(3,19)20)18-13-6-5-7-14(12-13)22-2;/h13-14H,4-12H2,1-3H3,(H2,16,17,18);1H. The third-order valence-corrected chi connectivity index (χ3v) is 5.75. The summed E-state index contributed by atoms with van der Waals surface area (Å²) < 4.78 is 27.3. The lowest BCUT2D eigenvalue weighted by molar-refractivity contribution is 0.157. The predicted octanol–water partition coefficient (Wildman–Crippen LogP) is 1.89. The average Bonchev–Trinajstić information content (AvgIpc) is 2.50. The van der Waals surface area contributed by atoms with E-state index in [1.807, 2.05) is 18.7 Å². The number of hydrogen-bond acceptors (Lipinski definition) is 5. The average molecular weight is 493 g/mol. The zero-order valence-corrected chi connectivity index (χ0v) is 18.9. The number of guanidine groups is 1. The smallest absolute Gasteiger partial charge is 0.191 e. The van der Waals surface area contributed by atoms with Gasteiger partial charge in [-0.3, -0.25) is 4.99 Å². The van der Waals surface area contributed by atoms with Crippen molar-refractivity contribution in [2.24, 2.45) is 4.99 Å². The number of nitrogens with one attached hydrogen (secondary N) is 2. The number of hydrogen-bond donors (Lipinski definition) is 2. The van der Waals surface area contributed by atoms with Gasteiger partial charge in [-0.25, -0.2) is 8.42 Å². The van der Waals surface area contributed by atoms with E-state index in [4.69, 9.17) is 4.74 Å². The quantitative estimate of drug-likeness (QED) is 0.221. The minimum Gasteiger partial charge on any atom is -0.378 e. The van der Waals surface area contributed by atoms with E-state index in [0.717, 1.165) is 17.8 Å². The van der Waals surface area contributed by atoms with Crippen LogP contribution in [0.15, 0.2) is 4.99 Å². The van der Waals surface area contributed by atoms with Gasteiger partial charge in [0, 0.05) is 24.1 Å². The molecule has 2 unspecified atom stereocenters. The van der Waals surface area contributed by atoms with E-state index >= 15 is 0 Å². The molecule has 0 aromatic carbocycles. The molecule has 1 aliphatic carbocycles. The van der Waals surface area contributed by atoms with Gasteiger partial charge in [0.2, 0.25) is 0 Å². The molecule has 0 aromatic heterocycles. The SMILES string of the molecule is CCNC(=NCCOCCS(C)(=O)=O)NC1CCCC(SC)C1.I. The second kappa shape index (κ2) is 13.5. The minimum atomic E-state index is -2.95. The van der Waals surface area contributed by atoms with Crippen LogP contribution in [0.1, 0.15) is 32.6 Å². The van der Waals surface area contributed by atoms with Gasteiger partial charge in [-0.1, -0.05) is 6.42 Å². The molecule has 1 aliphatic rings. The van der Waals surface area contributed by atoms with Crippen LogP contribution in [0.25, 0.3) is 0 Å². The molecule has 0 aromatic rings. The van der Waals surface area contributed by atoms with Crippen LogP contribution >= 0.6 is 35.7 Å². The van der Waals surface area contributed by atoms with Gasteiger partial charge in [0.15, 0.2) is 5.96 Å². The summed E-state index contributed by atoms with van der Waals surface area (Å²) in [6.45, 7) is 4.06. The van der Waals surface area contributed by atoms with Crippen molar-refractivity contribution in [3.63, 3.8) is 0 Å². The van der Waals surface area contributed by atoms with Crippen LogP contribution in [0.2, 0.25) is 0 Å². The van der Waals surface area contributed by atoms with Crippen molar-refractivity contribution in [1.82, 2.24) is 10.6 Å². The monoisotopic (exact) mass is 493 g/mol. The number of thioether (sulfide) groups is 1. The van der Waals surface area contributed by atoms with Crippen molar-refractivity contribution in [2.45, 2.75) is 43.9 Å². The van der Waals surface area contributed by atoms with Crippen LogP contribution in [0, 0.1) is 0 Å². The van der Waals surface area contributed by atoms with Crippen molar-refractivity contribution in [2.75, 3.05) is 44.6 Å². The van der Waals surface area contributed by atoms with E-state index in [0.29, 0.717) is 19.2 Å². The van der Waals surface area contributed by atoms with Crippen LogP contribution in [-0.2, 0) is 14.6 Å². The summed E-state index contributed by atoms with van der Waals surface area (Å²) in [6, 6.07) is 0.477. The highest BCUT2D eigenvalue weighted by molar-refractivity contribution is 14.0. The molecule has 0 amide bonds. The van der Waals surface area contributed by atoms with E-state index in [9.17, 15) is 8.42 Å². The molecule has 0 heterocycles. The van der Waals surface area contributed by atoms with E-state index in [2.05, 4.69) is 21.9 Å². The highest BCUT2D eigenvalue weighted by Crippen LogP contribution is 2.26. The Balaban J connectivity index is 0.00000529. The van der Waals surface area contributed by atoms with Gasteiger partial charge < -0.3 is 15.4 Å². The second-order valence-electron chi connectivity index (χ2n) is 5.87. The number of halogens is 1. The van der Waals surface area contributed by atoms with Crippen LogP contribution in [0.4, 0.5) is 0 Å². The molecule has 144 valence electrons. The highest BCUT2D eigenvalue weighted by atomic mass is 127. The van der Waals surface area contributed by atoms with E-state index in [-0.39, 0.29) is 36.3 Å². The fourth-order valence-electron chi connectivity index (χ4n) is 2.54. The molecule has 0 bridgehead atoms. The highest BCUT2D eigenvalue weighted by Gasteiger charge is 2.21. The van der Waals surface area contributed by atoms with Gasteiger partial charge in [0.05, 0.1) is 25.5 Å². The van der Waals surface area contributed by atoms with Crippen molar-refractivity contribution < 1.29 is 13.2 Å². The summed E-state index contributed by atoms with van der Waals surface area (Å²) >= 11 is 1.95. The summed E-state index contributed by atoms with van der Waals surface area (Å²) in [4.78, 5) is 4.51. The summed E-state index contributed by atoms with van der Waals surface area (Å²) in [5.41, 5.74) is 0. The Kier molecular flexibility index (Phi) is 13.6. The molecule has 6 nitrogen and oxygen atoms in total. The molecule has 24 heavy (non-hydrogen) atoms. The Bertz CT molecular complexity index is 461. The van der Waals surface area contributed by atoms with Crippen LogP contribution in [0.3, 0.4) is 0 Å². The van der Waals surface area contributed by atoms with Crippen LogP contribution < -0.4 is 10.6 Å². The number of nitrogens with zero attached hydrogens (tertiary/aromatic N) is 1. The lowest BCUT2D eigenvalue weighted by Gasteiger charge is -2.29. The zero-order chi connectivity index (χ0) is 17.1. The van der Waals surface area contributed by atoms with E-state index < -0.39 is 9.84 Å². The Morgan fingerprint density at radius 2 is 2.08 bits per heavy atom. The third-order valence-electron chi connectivity index (χ3n) is 3.75. The van der Waals surface area contributed by atoms with Crippen molar-refractivity contribution in [1.29, 1.82) is 0 Å². The van der Waals surface area contributed by atoms with Gasteiger partial charge in [0.25, 0.3) is 0 Å². The van der Waals surface area contributed by atoms with E-state index in [1.54, 1.807) is 0 Å². The zero-order valence-electron chi connectivity index (χ0n) is 14.9. The maximum absolute atomic E-state index is 11.0. The maximum Gasteiger partial charge on any atom is 0.191 e. The first-order valence-electron chi connectivity index (χ1n) is 8.27. The summed E-state index contributed by atoms with van der Waals surface area (Å²) in [5, 5.41) is 7.51. The number of aliphatic imine (C=N–C) groups is 1. The van der Waals surface area contributed by atoms with Crippen molar-refractivity contribution >= 4 is 51.5 Å². The van der Waals surface area contributed by atoms with Crippen LogP contribution in [-0.4, -0.2) is 70.2 Å². The Labute approximate surface area is 168 Å². The number of rotatable bonds is 9. The molecule has 0 aliphatic heterocycles. The molecule has 0 saturated heterocycles. The van der Waals surface area contributed by atoms with Gasteiger partial charge >= 0.3 is 0 Å². The molecule has 9 heteroatoms. The largest absolute Gasteiger partial charge is 0.378 e. The maximum atomic E-state index is 11.0. The first-order valence-corrected chi connectivity index (χ1v) is 11.6. The molecule has 0 radical (unpaired) electrons. The molecule has 1 saturated carbocycles. The van der Waals surface area contributed by atoms with E-state index in [1.165, 1.54) is 31.9 Å². The molecular formula is C15H32IN3O3S2. The van der Waals surface area contributed by atoms with Gasteiger partial charge in [-0.15, -0.1) is 24.0 Å². The molecule has 0 spiro atoms. The molecule has 2 atom stereocenters. The predicted molar refractivity (Wildman–Crippen MR) is 115 cm³/mol. The fraction of sp³-hybridized carbons (Fsp3) is 0.933. The summed E-state index contributed by atoms with van der Waals surface area (Å²) in [5.74, 6) is 0.888. The Hall–Kier alpha value is 0.260. The van der Waals surface area contributed by atoms with Crippen LogP contribution in [0.5, 0.6) is 0 Å². The Morgan fingerprint density at radius 1 is 1.33 bits per heavy atom. The van der Waals surface area contributed by atoms with Crippen molar-refractivity contribution in [3.05, 3.63) is 0 Å². The molecule has 1 rings (SSSR count). The summed E-state index contributed by atoms with van der Waals surface area (Å²) in [7, 11) is -2.95.